The van der Waals surface area contributed by atoms with Gasteiger partial charge in [-0.25, -0.2) is 0 Å². The van der Waals surface area contributed by atoms with E-state index >= 15 is 0 Å². The largest absolute Gasteiger partial charge is 0.573 e. The van der Waals surface area contributed by atoms with E-state index in [1.807, 2.05) is 0 Å². The summed E-state index contributed by atoms with van der Waals surface area (Å²) in [6.45, 7) is 0. The summed E-state index contributed by atoms with van der Waals surface area (Å²) in [5, 5.41) is 8.72. The molecule has 0 saturated heterocycles. The molecule has 1 rings (SSSR count). The first kappa shape index (κ1) is 14.6. The number of nitriles is 1. The second kappa shape index (κ2) is 5.91. The zero-order valence-electron chi connectivity index (χ0n) is 9.21. The lowest BCUT2D eigenvalue weighted by Gasteiger charge is -2.16. The van der Waals surface area contributed by atoms with E-state index in [0.29, 0.717) is 0 Å². The predicted molar refractivity (Wildman–Crippen MR) is 59.4 cm³/mol. The number of nitrogens with zero attached hydrogens (tertiary/aromatic N) is 2. The molecule has 0 atom stereocenters. The number of pyridine rings is 1. The SMILES string of the molecule is COc1cnc(CBr)c(OC(F)(F)F)c1CC#N. The Hall–Kier alpha value is -1.49. The minimum atomic E-state index is -4.85. The number of methoxy groups -OCH3 is 1. The fraction of sp³-hybridized carbons (Fsp3) is 0.400. The summed E-state index contributed by atoms with van der Waals surface area (Å²) in [5.74, 6) is -0.402. The van der Waals surface area contributed by atoms with E-state index in [9.17, 15) is 13.2 Å². The highest BCUT2D eigenvalue weighted by Gasteiger charge is 2.34. The molecule has 0 aliphatic carbocycles. The molecular formula is C10H8BrF3N2O2. The van der Waals surface area contributed by atoms with Gasteiger partial charge in [-0.2, -0.15) is 5.26 Å². The summed E-state index contributed by atoms with van der Waals surface area (Å²) < 4.78 is 45.8. The van der Waals surface area contributed by atoms with Gasteiger partial charge in [0.05, 0.1) is 37.1 Å². The molecule has 0 aliphatic heterocycles. The summed E-state index contributed by atoms with van der Waals surface area (Å²) in [7, 11) is 1.28. The van der Waals surface area contributed by atoms with E-state index in [1.54, 1.807) is 6.07 Å². The van der Waals surface area contributed by atoms with Crippen molar-refractivity contribution in [1.29, 1.82) is 5.26 Å². The Morgan fingerprint density at radius 2 is 2.17 bits per heavy atom. The first-order chi connectivity index (χ1) is 8.42. The van der Waals surface area contributed by atoms with Gasteiger partial charge in [-0.3, -0.25) is 4.98 Å². The molecule has 1 aromatic heterocycles. The number of hydrogen-bond donors (Lipinski definition) is 0. The lowest BCUT2D eigenvalue weighted by atomic mass is 10.1. The van der Waals surface area contributed by atoms with Crippen LogP contribution in [-0.2, 0) is 11.8 Å². The van der Waals surface area contributed by atoms with E-state index in [1.165, 1.54) is 13.3 Å². The van der Waals surface area contributed by atoms with Crippen LogP contribution in [0.3, 0.4) is 0 Å². The quantitative estimate of drug-likeness (QED) is 0.799. The van der Waals surface area contributed by atoms with Gasteiger partial charge in [0, 0.05) is 5.33 Å². The van der Waals surface area contributed by atoms with Gasteiger partial charge in [-0.1, -0.05) is 15.9 Å². The number of hydrogen-bond acceptors (Lipinski definition) is 4. The third-order valence-corrected chi connectivity index (χ3v) is 2.52. The second-order valence-electron chi connectivity index (χ2n) is 3.10. The average molecular weight is 325 g/mol. The molecule has 0 aromatic carbocycles. The van der Waals surface area contributed by atoms with Crippen LogP contribution in [-0.4, -0.2) is 18.5 Å². The molecule has 0 bridgehead atoms. The first-order valence-electron chi connectivity index (χ1n) is 4.66. The van der Waals surface area contributed by atoms with Gasteiger partial charge in [0.15, 0.2) is 5.75 Å². The van der Waals surface area contributed by atoms with E-state index in [0.717, 1.165) is 0 Å². The monoisotopic (exact) mass is 324 g/mol. The molecule has 0 unspecified atom stereocenters. The van der Waals surface area contributed by atoms with Crippen molar-refractivity contribution in [3.8, 4) is 17.6 Å². The Morgan fingerprint density at radius 1 is 1.50 bits per heavy atom. The normalized spacial score (nSPS) is 10.9. The molecule has 1 aromatic rings. The van der Waals surface area contributed by atoms with Crippen molar-refractivity contribution in [3.63, 3.8) is 0 Å². The number of ether oxygens (including phenoxy) is 2. The Labute approximate surface area is 109 Å². The van der Waals surface area contributed by atoms with Crippen LogP contribution in [0.5, 0.6) is 11.5 Å². The topological polar surface area (TPSA) is 55.1 Å². The molecule has 1 heterocycles. The van der Waals surface area contributed by atoms with Gasteiger partial charge in [-0.05, 0) is 0 Å². The van der Waals surface area contributed by atoms with Crippen molar-refractivity contribution in [1.82, 2.24) is 4.98 Å². The maximum absolute atomic E-state index is 12.3. The average Bonchev–Trinajstić information content (AvgIpc) is 2.29. The number of rotatable bonds is 4. The van der Waals surface area contributed by atoms with E-state index in [-0.39, 0.29) is 28.8 Å². The maximum atomic E-state index is 12.3. The van der Waals surface area contributed by atoms with Crippen LogP contribution in [0.2, 0.25) is 0 Å². The van der Waals surface area contributed by atoms with Crippen LogP contribution in [0.15, 0.2) is 6.20 Å². The number of aromatic nitrogens is 1. The first-order valence-corrected chi connectivity index (χ1v) is 5.78. The van der Waals surface area contributed by atoms with E-state index in [4.69, 9.17) is 10.00 Å². The van der Waals surface area contributed by atoms with Crippen molar-refractivity contribution in [2.24, 2.45) is 0 Å². The summed E-state index contributed by atoms with van der Waals surface area (Å²) in [5.41, 5.74) is 0.0835. The molecule has 0 radical (unpaired) electrons. The smallest absolute Gasteiger partial charge is 0.495 e. The molecule has 0 spiro atoms. The third-order valence-electron chi connectivity index (χ3n) is 1.99. The molecular weight excluding hydrogens is 317 g/mol. The predicted octanol–water partition coefficient (Wildman–Crippen LogP) is 2.95. The zero-order chi connectivity index (χ0) is 13.8. The van der Waals surface area contributed by atoms with Crippen molar-refractivity contribution in [2.75, 3.05) is 7.11 Å². The van der Waals surface area contributed by atoms with Crippen LogP contribution in [0.1, 0.15) is 11.3 Å². The maximum Gasteiger partial charge on any atom is 0.573 e. The molecule has 0 fully saturated rings. The zero-order valence-corrected chi connectivity index (χ0v) is 10.8. The second-order valence-corrected chi connectivity index (χ2v) is 3.66. The van der Waals surface area contributed by atoms with Gasteiger partial charge >= 0.3 is 6.36 Å². The van der Waals surface area contributed by atoms with Crippen LogP contribution in [0.4, 0.5) is 13.2 Å². The lowest BCUT2D eigenvalue weighted by molar-refractivity contribution is -0.275. The molecule has 0 amide bonds. The van der Waals surface area contributed by atoms with E-state index < -0.39 is 12.1 Å². The summed E-state index contributed by atoms with van der Waals surface area (Å²) in [6, 6.07) is 1.77. The molecule has 8 heteroatoms. The molecule has 0 saturated carbocycles. The highest BCUT2D eigenvalue weighted by atomic mass is 79.9. The summed E-state index contributed by atoms with van der Waals surface area (Å²) in [4.78, 5) is 3.79. The van der Waals surface area contributed by atoms with Gasteiger partial charge in [0.1, 0.15) is 5.75 Å². The summed E-state index contributed by atoms with van der Waals surface area (Å²) >= 11 is 3.01. The Morgan fingerprint density at radius 3 is 2.61 bits per heavy atom. The van der Waals surface area contributed by atoms with Crippen molar-refractivity contribution in [2.45, 2.75) is 18.1 Å². The van der Waals surface area contributed by atoms with Crippen molar-refractivity contribution in [3.05, 3.63) is 17.5 Å². The molecule has 18 heavy (non-hydrogen) atoms. The van der Waals surface area contributed by atoms with Gasteiger partial charge in [0.2, 0.25) is 0 Å². The molecule has 0 aliphatic rings. The Kier molecular flexibility index (Phi) is 4.78. The molecule has 4 nitrogen and oxygen atoms in total. The minimum absolute atomic E-state index is 0.0294. The van der Waals surface area contributed by atoms with Gasteiger partial charge in [0.25, 0.3) is 0 Å². The lowest BCUT2D eigenvalue weighted by Crippen LogP contribution is -2.20. The number of halogens is 4. The summed E-state index contributed by atoms with van der Waals surface area (Å²) in [6.07, 6.45) is -3.86. The fourth-order valence-corrected chi connectivity index (χ4v) is 1.71. The standard InChI is InChI=1S/C10H8BrF3N2O2/c1-17-8-5-16-7(4-11)9(6(8)2-3-15)18-10(12,13)14/h5H,2,4H2,1H3. The van der Waals surface area contributed by atoms with Gasteiger partial charge < -0.3 is 9.47 Å². The Balaban J connectivity index is 3.36. The molecule has 0 N–H and O–H groups in total. The van der Waals surface area contributed by atoms with Gasteiger partial charge in [-0.15, -0.1) is 13.2 Å². The highest BCUT2D eigenvalue weighted by molar-refractivity contribution is 9.08. The van der Waals surface area contributed by atoms with Crippen LogP contribution in [0.25, 0.3) is 0 Å². The third kappa shape index (κ3) is 3.50. The van der Waals surface area contributed by atoms with Crippen molar-refractivity contribution < 1.29 is 22.6 Å². The molecule has 98 valence electrons. The fourth-order valence-electron chi connectivity index (χ4n) is 1.31. The van der Waals surface area contributed by atoms with Crippen molar-refractivity contribution >= 4 is 15.9 Å². The number of alkyl halides is 4. The van der Waals surface area contributed by atoms with Crippen LogP contribution < -0.4 is 9.47 Å². The van der Waals surface area contributed by atoms with Crippen LogP contribution >= 0.6 is 15.9 Å². The Bertz CT molecular complexity index is 471. The minimum Gasteiger partial charge on any atom is -0.495 e. The van der Waals surface area contributed by atoms with Crippen LogP contribution in [0, 0.1) is 11.3 Å². The highest BCUT2D eigenvalue weighted by Crippen LogP contribution is 2.35. The van der Waals surface area contributed by atoms with E-state index in [2.05, 4.69) is 25.7 Å².